The third-order valence-electron chi connectivity index (χ3n) is 5.53. The quantitative estimate of drug-likeness (QED) is 0.834. The molecule has 0 saturated heterocycles. The molecule has 6 heteroatoms. The Labute approximate surface area is 163 Å². The minimum atomic E-state index is -0.0378. The summed E-state index contributed by atoms with van der Waals surface area (Å²) in [6.07, 6.45) is 3.84. The first kappa shape index (κ1) is 22.2. The molecule has 25 heavy (non-hydrogen) atoms. The number of fused-ring (bicyclic) bond motifs is 1. The van der Waals surface area contributed by atoms with E-state index >= 15 is 0 Å². The van der Waals surface area contributed by atoms with Crippen LogP contribution in [0.5, 0.6) is 0 Å². The van der Waals surface area contributed by atoms with E-state index in [1.54, 1.807) is 0 Å². The number of halogens is 2. The maximum absolute atomic E-state index is 12.3. The number of carbonyl (C=O) groups excluding carboxylic acids is 1. The second-order valence-electron chi connectivity index (χ2n) is 7.74. The lowest BCUT2D eigenvalue weighted by molar-refractivity contribution is -0.125. The lowest BCUT2D eigenvalue weighted by Gasteiger charge is -2.41. The summed E-state index contributed by atoms with van der Waals surface area (Å²) >= 11 is 0. The monoisotopic (exact) mass is 387 g/mol. The second-order valence-corrected chi connectivity index (χ2v) is 7.74. The van der Waals surface area contributed by atoms with E-state index in [4.69, 9.17) is 5.73 Å². The average molecular weight is 388 g/mol. The molecule has 1 heterocycles. The topological polar surface area (TPSA) is 58.4 Å². The number of nitrogens with two attached hydrogens (primary N) is 1. The Hall–Kier alpha value is -0.810. The Morgan fingerprint density at radius 3 is 2.56 bits per heavy atom. The second kappa shape index (κ2) is 9.22. The van der Waals surface area contributed by atoms with Gasteiger partial charge in [-0.15, -0.1) is 24.8 Å². The normalized spacial score (nSPS) is 23.2. The lowest BCUT2D eigenvalue weighted by atomic mass is 9.94. The Morgan fingerprint density at radius 2 is 1.92 bits per heavy atom. The van der Waals surface area contributed by atoms with Crippen LogP contribution in [-0.4, -0.2) is 35.5 Å². The van der Waals surface area contributed by atoms with Gasteiger partial charge in [-0.1, -0.05) is 24.3 Å². The number of hydrogen-bond donors (Lipinski definition) is 2. The van der Waals surface area contributed by atoms with Crippen molar-refractivity contribution >= 4 is 30.7 Å². The van der Waals surface area contributed by atoms with Crippen LogP contribution in [0.3, 0.4) is 0 Å². The van der Waals surface area contributed by atoms with Crippen molar-refractivity contribution in [3.8, 4) is 0 Å². The van der Waals surface area contributed by atoms with Crippen LogP contribution in [-0.2, 0) is 17.8 Å². The fourth-order valence-corrected chi connectivity index (χ4v) is 3.83. The number of nitrogens with one attached hydrogen (secondary N) is 1. The molecule has 0 radical (unpaired) electrons. The lowest BCUT2D eigenvalue weighted by Crippen LogP contribution is -2.53. The zero-order valence-corrected chi connectivity index (χ0v) is 16.8. The van der Waals surface area contributed by atoms with E-state index < -0.39 is 0 Å². The van der Waals surface area contributed by atoms with Crippen LogP contribution in [0.1, 0.15) is 44.2 Å². The average Bonchev–Trinajstić information content (AvgIpc) is 2.99. The van der Waals surface area contributed by atoms with Gasteiger partial charge in [-0.2, -0.15) is 0 Å². The van der Waals surface area contributed by atoms with Gasteiger partial charge in [0.1, 0.15) is 0 Å². The molecule has 1 aromatic carbocycles. The van der Waals surface area contributed by atoms with Gasteiger partial charge in [0.25, 0.3) is 0 Å². The van der Waals surface area contributed by atoms with Crippen molar-refractivity contribution < 1.29 is 4.79 Å². The van der Waals surface area contributed by atoms with Crippen molar-refractivity contribution in [3.05, 3.63) is 35.4 Å². The molecule has 0 bridgehead atoms. The Balaban J connectivity index is 0.00000156. The Kier molecular flexibility index (Phi) is 8.20. The molecule has 1 aliphatic carbocycles. The van der Waals surface area contributed by atoms with Gasteiger partial charge in [0, 0.05) is 37.1 Å². The summed E-state index contributed by atoms with van der Waals surface area (Å²) in [5.41, 5.74) is 8.76. The number of amides is 1. The van der Waals surface area contributed by atoms with Gasteiger partial charge in [-0.25, -0.2) is 0 Å². The third kappa shape index (κ3) is 5.33. The number of benzene rings is 1. The Bertz CT molecular complexity index is 580. The smallest absolute Gasteiger partial charge is 0.223 e. The summed E-state index contributed by atoms with van der Waals surface area (Å²) < 4.78 is 0. The molecule has 0 aromatic heterocycles. The molecule has 4 nitrogen and oxygen atoms in total. The molecular weight excluding hydrogens is 357 g/mol. The van der Waals surface area contributed by atoms with Gasteiger partial charge >= 0.3 is 0 Å². The summed E-state index contributed by atoms with van der Waals surface area (Å²) in [5, 5.41) is 3.17. The summed E-state index contributed by atoms with van der Waals surface area (Å²) in [7, 11) is 0. The van der Waals surface area contributed by atoms with Crippen LogP contribution in [0.2, 0.25) is 0 Å². The minimum Gasteiger partial charge on any atom is -0.354 e. The molecule has 142 valence electrons. The molecule has 3 rings (SSSR count). The standard InChI is InChI=1S/C19H29N3O.2ClH/c1-19(2,13-21-18(23)15-7-8-17(20)11-15)22-10-9-14-5-3-4-6-16(14)12-22;;/h3-6,15,17H,7-13,20H2,1-2H3,(H,21,23);2*1H. The van der Waals surface area contributed by atoms with Crippen molar-refractivity contribution in [2.45, 2.75) is 57.7 Å². The van der Waals surface area contributed by atoms with Crippen molar-refractivity contribution in [1.82, 2.24) is 10.2 Å². The van der Waals surface area contributed by atoms with Crippen LogP contribution in [0.15, 0.2) is 24.3 Å². The molecule has 1 fully saturated rings. The van der Waals surface area contributed by atoms with E-state index in [0.717, 1.165) is 38.8 Å². The SMILES string of the molecule is CC(C)(CNC(=O)C1CCC(N)C1)N1CCc2ccccc2C1.Cl.Cl. The molecule has 2 atom stereocenters. The zero-order valence-electron chi connectivity index (χ0n) is 15.2. The minimum absolute atomic E-state index is 0. The van der Waals surface area contributed by atoms with Gasteiger partial charge in [-0.3, -0.25) is 9.69 Å². The predicted molar refractivity (Wildman–Crippen MR) is 107 cm³/mol. The molecule has 3 N–H and O–H groups in total. The summed E-state index contributed by atoms with van der Waals surface area (Å²) in [6, 6.07) is 8.88. The first-order chi connectivity index (χ1) is 11.0. The maximum atomic E-state index is 12.3. The van der Waals surface area contributed by atoms with E-state index in [1.807, 2.05) is 0 Å². The van der Waals surface area contributed by atoms with Crippen LogP contribution in [0, 0.1) is 5.92 Å². The van der Waals surface area contributed by atoms with Gasteiger partial charge in [0.15, 0.2) is 0 Å². The van der Waals surface area contributed by atoms with Crippen molar-refractivity contribution in [1.29, 1.82) is 0 Å². The maximum Gasteiger partial charge on any atom is 0.223 e. The van der Waals surface area contributed by atoms with Crippen molar-refractivity contribution in [3.63, 3.8) is 0 Å². The first-order valence-corrected chi connectivity index (χ1v) is 8.81. The van der Waals surface area contributed by atoms with E-state index in [0.29, 0.717) is 6.54 Å². The summed E-state index contributed by atoms with van der Waals surface area (Å²) in [6.45, 7) is 7.16. The number of rotatable bonds is 4. The van der Waals surface area contributed by atoms with Gasteiger partial charge in [0.05, 0.1) is 0 Å². The largest absolute Gasteiger partial charge is 0.354 e. The summed E-state index contributed by atoms with van der Waals surface area (Å²) in [5.74, 6) is 0.298. The highest BCUT2D eigenvalue weighted by Gasteiger charge is 2.32. The zero-order chi connectivity index (χ0) is 16.4. The van der Waals surface area contributed by atoms with E-state index in [1.165, 1.54) is 11.1 Å². The highest BCUT2D eigenvalue weighted by molar-refractivity contribution is 5.85. The van der Waals surface area contributed by atoms with Crippen molar-refractivity contribution in [2.75, 3.05) is 13.1 Å². The number of nitrogens with zero attached hydrogens (tertiary/aromatic N) is 1. The van der Waals surface area contributed by atoms with Gasteiger partial charge in [0.2, 0.25) is 5.91 Å². The van der Waals surface area contributed by atoms with Crippen molar-refractivity contribution in [2.24, 2.45) is 11.7 Å². The molecule has 2 unspecified atom stereocenters. The molecule has 1 saturated carbocycles. The molecule has 1 aliphatic heterocycles. The van der Waals surface area contributed by atoms with Crippen LogP contribution < -0.4 is 11.1 Å². The van der Waals surface area contributed by atoms with Gasteiger partial charge < -0.3 is 11.1 Å². The van der Waals surface area contributed by atoms with Crippen LogP contribution >= 0.6 is 24.8 Å². The third-order valence-corrected chi connectivity index (χ3v) is 5.53. The van der Waals surface area contributed by atoms with E-state index in [9.17, 15) is 4.79 Å². The molecule has 0 spiro atoms. The summed E-state index contributed by atoms with van der Waals surface area (Å²) in [4.78, 5) is 14.8. The van der Waals surface area contributed by atoms with E-state index in [2.05, 4.69) is 48.3 Å². The molecule has 2 aliphatic rings. The first-order valence-electron chi connectivity index (χ1n) is 8.81. The highest BCUT2D eigenvalue weighted by Crippen LogP contribution is 2.26. The fourth-order valence-electron chi connectivity index (χ4n) is 3.83. The van der Waals surface area contributed by atoms with Crippen LogP contribution in [0.4, 0.5) is 0 Å². The highest BCUT2D eigenvalue weighted by atomic mass is 35.5. The molecule has 1 aromatic rings. The van der Waals surface area contributed by atoms with Crippen LogP contribution in [0.25, 0.3) is 0 Å². The predicted octanol–water partition coefficient (Wildman–Crippen LogP) is 2.91. The molecule has 1 amide bonds. The van der Waals surface area contributed by atoms with Gasteiger partial charge in [-0.05, 0) is 50.7 Å². The van der Waals surface area contributed by atoms with E-state index in [-0.39, 0.29) is 48.2 Å². The number of hydrogen-bond acceptors (Lipinski definition) is 3. The fraction of sp³-hybridized carbons (Fsp3) is 0.632. The number of carbonyl (C=O) groups is 1. The molecular formula is C19H31Cl2N3O. The Morgan fingerprint density at radius 1 is 1.24 bits per heavy atom.